The zero-order valence-corrected chi connectivity index (χ0v) is 28.4. The van der Waals surface area contributed by atoms with E-state index in [9.17, 15) is 0 Å². The van der Waals surface area contributed by atoms with E-state index < -0.39 is 0 Å². The first-order chi connectivity index (χ1) is 25.2. The van der Waals surface area contributed by atoms with Crippen molar-refractivity contribution < 1.29 is 4.42 Å². The summed E-state index contributed by atoms with van der Waals surface area (Å²) in [5.41, 5.74) is 16.4. The van der Waals surface area contributed by atoms with Crippen LogP contribution in [0.15, 0.2) is 168 Å². The van der Waals surface area contributed by atoms with Crippen molar-refractivity contribution >= 4 is 39.0 Å². The largest absolute Gasteiger partial charge is 0.456 e. The Morgan fingerprint density at radius 3 is 1.86 bits per heavy atom. The summed E-state index contributed by atoms with van der Waals surface area (Å²) in [6, 6.07) is 60.1. The van der Waals surface area contributed by atoms with E-state index in [0.29, 0.717) is 0 Å². The van der Waals surface area contributed by atoms with Crippen LogP contribution in [0.3, 0.4) is 0 Å². The van der Waals surface area contributed by atoms with Crippen molar-refractivity contribution in [2.24, 2.45) is 11.8 Å². The quantitative estimate of drug-likeness (QED) is 0.183. The summed E-state index contributed by atoms with van der Waals surface area (Å²) >= 11 is 0. The molecule has 0 N–H and O–H groups in total. The number of para-hydroxylation sites is 1. The van der Waals surface area contributed by atoms with Gasteiger partial charge in [-0.3, -0.25) is 0 Å². The van der Waals surface area contributed by atoms with Crippen LogP contribution in [0.5, 0.6) is 0 Å². The number of anilines is 3. The standard InChI is InChI=1S/C49H37NO/c1-2-8-33(9-3-1)34-15-21-38(22-16-34)50(40-25-27-48-44(30-40)43-11-5-7-13-47(43)51-48)39-23-17-35(18-24-39)36-19-26-42-41-10-4-6-12-45(41)49(46(42)29-36)31-32-14-20-37(49)28-32/h1-13,15-19,21-27,29-30,32,37H,14,20,28,31H2. The highest BCUT2D eigenvalue weighted by Gasteiger charge is 2.56. The minimum atomic E-state index is 0.184. The predicted molar refractivity (Wildman–Crippen MR) is 211 cm³/mol. The van der Waals surface area contributed by atoms with E-state index in [1.807, 2.05) is 12.1 Å². The van der Waals surface area contributed by atoms with Gasteiger partial charge >= 0.3 is 0 Å². The number of rotatable bonds is 5. The molecule has 1 heterocycles. The molecule has 1 spiro atoms. The van der Waals surface area contributed by atoms with Gasteiger partial charge in [0.25, 0.3) is 0 Å². The Morgan fingerprint density at radius 1 is 0.471 bits per heavy atom. The molecule has 0 aliphatic heterocycles. The second-order valence-corrected chi connectivity index (χ2v) is 14.9. The van der Waals surface area contributed by atoms with Crippen molar-refractivity contribution in [3.05, 3.63) is 175 Å². The molecule has 0 radical (unpaired) electrons. The third kappa shape index (κ3) is 4.36. The molecular weight excluding hydrogens is 619 g/mol. The van der Waals surface area contributed by atoms with E-state index >= 15 is 0 Å². The lowest BCUT2D eigenvalue weighted by atomic mass is 9.66. The fraction of sp³-hybridized carbons (Fsp3) is 0.143. The molecule has 51 heavy (non-hydrogen) atoms. The first-order valence-electron chi connectivity index (χ1n) is 18.4. The van der Waals surface area contributed by atoms with Crippen LogP contribution in [0.25, 0.3) is 55.3 Å². The number of hydrogen-bond donors (Lipinski definition) is 0. The van der Waals surface area contributed by atoms with Gasteiger partial charge in [0.15, 0.2) is 0 Å². The Bertz CT molecular complexity index is 2600. The van der Waals surface area contributed by atoms with Gasteiger partial charge in [-0.2, -0.15) is 0 Å². The Morgan fingerprint density at radius 2 is 1.10 bits per heavy atom. The summed E-state index contributed by atoms with van der Waals surface area (Å²) in [4.78, 5) is 2.36. The topological polar surface area (TPSA) is 16.4 Å². The SMILES string of the molecule is c1ccc(-c2ccc(N(c3ccc(-c4ccc5c(c4)C4(CC6CCC4C6)c4ccccc4-5)cc3)c3ccc4oc5ccccc5c4c3)cc2)cc1. The van der Waals surface area contributed by atoms with Crippen LogP contribution >= 0.6 is 0 Å². The summed E-state index contributed by atoms with van der Waals surface area (Å²) < 4.78 is 6.21. The smallest absolute Gasteiger partial charge is 0.135 e. The number of nitrogens with zero attached hydrogens (tertiary/aromatic N) is 1. The van der Waals surface area contributed by atoms with Crippen LogP contribution in [0.2, 0.25) is 0 Å². The number of hydrogen-bond acceptors (Lipinski definition) is 2. The third-order valence-corrected chi connectivity index (χ3v) is 12.4. The zero-order valence-electron chi connectivity index (χ0n) is 28.4. The minimum Gasteiger partial charge on any atom is -0.456 e. The van der Waals surface area contributed by atoms with Gasteiger partial charge in [0.2, 0.25) is 0 Å². The summed E-state index contributed by atoms with van der Waals surface area (Å²) in [7, 11) is 0. The van der Waals surface area contributed by atoms with Gasteiger partial charge in [-0.15, -0.1) is 0 Å². The van der Waals surface area contributed by atoms with Gasteiger partial charge < -0.3 is 9.32 Å². The molecule has 7 aromatic carbocycles. The number of fused-ring (bicyclic) bond motifs is 11. The molecule has 0 saturated heterocycles. The first kappa shape index (κ1) is 28.9. The first-order valence-corrected chi connectivity index (χ1v) is 18.4. The van der Waals surface area contributed by atoms with Crippen molar-refractivity contribution in [3.63, 3.8) is 0 Å². The van der Waals surface area contributed by atoms with E-state index in [-0.39, 0.29) is 5.41 Å². The van der Waals surface area contributed by atoms with Gasteiger partial charge in [-0.05, 0) is 130 Å². The molecular formula is C49H37NO. The maximum Gasteiger partial charge on any atom is 0.135 e. The van der Waals surface area contributed by atoms with Crippen molar-refractivity contribution in [1.82, 2.24) is 0 Å². The molecule has 11 rings (SSSR count). The lowest BCUT2D eigenvalue weighted by Gasteiger charge is -2.36. The van der Waals surface area contributed by atoms with E-state index in [4.69, 9.17) is 4.42 Å². The molecule has 2 saturated carbocycles. The van der Waals surface area contributed by atoms with Gasteiger partial charge in [0.1, 0.15) is 11.2 Å². The van der Waals surface area contributed by atoms with Crippen molar-refractivity contribution in [2.45, 2.75) is 31.1 Å². The summed E-state index contributed by atoms with van der Waals surface area (Å²) in [6.07, 6.45) is 5.45. The van der Waals surface area contributed by atoms with Crippen molar-refractivity contribution in [1.29, 1.82) is 0 Å². The molecule has 244 valence electrons. The van der Waals surface area contributed by atoms with E-state index in [2.05, 4.69) is 157 Å². The fourth-order valence-electron chi connectivity index (χ4n) is 10.1. The summed E-state index contributed by atoms with van der Waals surface area (Å²) in [5.74, 6) is 1.62. The zero-order chi connectivity index (χ0) is 33.5. The van der Waals surface area contributed by atoms with Gasteiger partial charge in [-0.25, -0.2) is 0 Å². The Hall–Kier alpha value is -5.86. The molecule has 2 fully saturated rings. The van der Waals surface area contributed by atoms with Crippen molar-refractivity contribution in [2.75, 3.05) is 4.90 Å². The lowest BCUT2D eigenvalue weighted by Crippen LogP contribution is -2.31. The van der Waals surface area contributed by atoms with Crippen molar-refractivity contribution in [3.8, 4) is 33.4 Å². The van der Waals surface area contributed by atoms with Crippen LogP contribution in [0.1, 0.15) is 36.8 Å². The molecule has 2 nitrogen and oxygen atoms in total. The minimum absolute atomic E-state index is 0.184. The number of furan rings is 1. The molecule has 2 bridgehead atoms. The summed E-state index contributed by atoms with van der Waals surface area (Å²) in [5, 5.41) is 2.26. The summed E-state index contributed by atoms with van der Waals surface area (Å²) in [6.45, 7) is 0. The van der Waals surface area contributed by atoms with Crippen LogP contribution in [0, 0.1) is 11.8 Å². The molecule has 8 aromatic rings. The molecule has 1 aromatic heterocycles. The Balaban J connectivity index is 1.00. The van der Waals surface area contributed by atoms with E-state index in [0.717, 1.165) is 50.8 Å². The monoisotopic (exact) mass is 655 g/mol. The molecule has 2 heteroatoms. The maximum absolute atomic E-state index is 6.21. The molecule has 3 unspecified atom stereocenters. The van der Waals surface area contributed by atoms with Gasteiger partial charge in [0.05, 0.1) is 0 Å². The lowest BCUT2D eigenvalue weighted by molar-refractivity contribution is 0.327. The highest BCUT2D eigenvalue weighted by Crippen LogP contribution is 2.65. The molecule has 3 aliphatic rings. The fourth-order valence-corrected chi connectivity index (χ4v) is 10.1. The Labute approximate surface area is 298 Å². The molecule has 3 aliphatic carbocycles. The van der Waals surface area contributed by atoms with Gasteiger partial charge in [0, 0.05) is 33.2 Å². The second kappa shape index (κ2) is 11.1. The Kier molecular flexibility index (Phi) is 6.28. The van der Waals surface area contributed by atoms with E-state index in [1.54, 1.807) is 11.1 Å². The average Bonchev–Trinajstić information content (AvgIpc) is 3.97. The van der Waals surface area contributed by atoms with Crippen LogP contribution in [0.4, 0.5) is 17.1 Å². The second-order valence-electron chi connectivity index (χ2n) is 14.9. The predicted octanol–water partition coefficient (Wildman–Crippen LogP) is 13.5. The normalized spacial score (nSPS) is 19.9. The molecule has 3 atom stereocenters. The highest BCUT2D eigenvalue weighted by molar-refractivity contribution is 6.06. The van der Waals surface area contributed by atoms with Gasteiger partial charge in [-0.1, -0.05) is 116 Å². The third-order valence-electron chi connectivity index (χ3n) is 12.4. The van der Waals surface area contributed by atoms with E-state index in [1.165, 1.54) is 59.1 Å². The van der Waals surface area contributed by atoms with Crippen LogP contribution < -0.4 is 4.90 Å². The van der Waals surface area contributed by atoms with Crippen LogP contribution in [-0.4, -0.2) is 0 Å². The highest BCUT2D eigenvalue weighted by atomic mass is 16.3. The van der Waals surface area contributed by atoms with Crippen LogP contribution in [-0.2, 0) is 5.41 Å². The average molecular weight is 656 g/mol. The maximum atomic E-state index is 6.21. The molecule has 0 amide bonds. The number of benzene rings is 7.